The molecule has 0 amide bonds. The lowest BCUT2D eigenvalue weighted by molar-refractivity contribution is -0.384. The molecule has 0 saturated carbocycles. The quantitative estimate of drug-likeness (QED) is 0.477. The number of nitrogens with zero attached hydrogens (tertiary/aromatic N) is 2. The highest BCUT2D eigenvalue weighted by atomic mass is 16.6. The second kappa shape index (κ2) is 6.00. The molecule has 0 saturated heterocycles. The van der Waals surface area contributed by atoms with Gasteiger partial charge in [0.1, 0.15) is 11.4 Å². The third-order valence-corrected chi connectivity index (χ3v) is 2.68. The Bertz CT molecular complexity index is 682. The Labute approximate surface area is 120 Å². The Hall–Kier alpha value is -2.96. The van der Waals surface area contributed by atoms with Crippen LogP contribution in [0.3, 0.4) is 0 Å². The van der Waals surface area contributed by atoms with Crippen molar-refractivity contribution in [2.75, 3.05) is 7.11 Å². The van der Waals surface area contributed by atoms with Gasteiger partial charge in [-0.05, 0) is 18.2 Å². The molecule has 0 aliphatic heterocycles. The molecule has 2 aromatic rings. The molecule has 1 aromatic heterocycles. The molecule has 7 nitrogen and oxygen atoms in total. The number of aromatic nitrogens is 1. The Kier molecular flexibility index (Phi) is 4.13. The zero-order valence-electron chi connectivity index (χ0n) is 11.4. The summed E-state index contributed by atoms with van der Waals surface area (Å²) in [4.78, 5) is 25.3. The van der Waals surface area contributed by atoms with Gasteiger partial charge in [0.05, 0.1) is 24.3 Å². The van der Waals surface area contributed by atoms with Crippen LogP contribution < -0.4 is 9.47 Å². The first-order valence-corrected chi connectivity index (χ1v) is 5.98. The fraction of sp³-hybridized carbons (Fsp3) is 0.143. The van der Waals surface area contributed by atoms with Gasteiger partial charge in [-0.1, -0.05) is 0 Å². The molecule has 1 aromatic carbocycles. The average Bonchev–Trinajstić information content (AvgIpc) is 2.47. The van der Waals surface area contributed by atoms with Crippen LogP contribution in [-0.4, -0.2) is 22.8 Å². The fourth-order valence-electron chi connectivity index (χ4n) is 1.63. The molecule has 2 rings (SSSR count). The van der Waals surface area contributed by atoms with E-state index in [1.54, 1.807) is 6.07 Å². The maximum atomic E-state index is 11.1. The molecule has 0 N–H and O–H groups in total. The Morgan fingerprint density at radius 1 is 1.24 bits per heavy atom. The minimum absolute atomic E-state index is 0.112. The van der Waals surface area contributed by atoms with E-state index in [2.05, 4.69) is 4.98 Å². The number of hydrogen-bond acceptors (Lipinski definition) is 6. The molecule has 21 heavy (non-hydrogen) atoms. The topological polar surface area (TPSA) is 91.6 Å². The van der Waals surface area contributed by atoms with Crippen LogP contribution in [0.1, 0.15) is 17.4 Å². The zero-order chi connectivity index (χ0) is 15.4. The standard InChI is InChI=1S/C14H12N2O5/c1-9(17)12-5-4-11(8-15-12)21-14-7-10(16(18)19)3-6-13(14)20-2/h3-8H,1-2H3. The Morgan fingerprint density at radius 2 is 2.00 bits per heavy atom. The van der Waals surface area contributed by atoms with Crippen LogP contribution in [0.4, 0.5) is 5.69 Å². The molecule has 0 aliphatic rings. The van der Waals surface area contributed by atoms with E-state index in [1.807, 2.05) is 0 Å². The number of Topliss-reactive ketones (excluding diaryl/α,β-unsaturated/α-hetero) is 1. The maximum Gasteiger partial charge on any atom is 0.273 e. The van der Waals surface area contributed by atoms with Crippen LogP contribution in [0.15, 0.2) is 36.5 Å². The van der Waals surface area contributed by atoms with Gasteiger partial charge in [0.25, 0.3) is 5.69 Å². The number of nitro benzene ring substituents is 1. The number of methoxy groups -OCH3 is 1. The van der Waals surface area contributed by atoms with Crippen molar-refractivity contribution in [1.29, 1.82) is 0 Å². The SMILES string of the molecule is COc1ccc([N+](=O)[O-])cc1Oc1ccc(C(C)=O)nc1. The van der Waals surface area contributed by atoms with E-state index in [0.717, 1.165) is 0 Å². The molecule has 1 heterocycles. The van der Waals surface area contributed by atoms with Gasteiger partial charge in [0.2, 0.25) is 0 Å². The lowest BCUT2D eigenvalue weighted by Crippen LogP contribution is -1.97. The maximum absolute atomic E-state index is 11.1. The van der Waals surface area contributed by atoms with E-state index < -0.39 is 4.92 Å². The minimum Gasteiger partial charge on any atom is -0.493 e. The van der Waals surface area contributed by atoms with Crippen molar-refractivity contribution in [3.63, 3.8) is 0 Å². The van der Waals surface area contributed by atoms with Crippen molar-refractivity contribution >= 4 is 11.5 Å². The first kappa shape index (κ1) is 14.4. The summed E-state index contributed by atoms with van der Waals surface area (Å²) in [6.07, 6.45) is 1.37. The van der Waals surface area contributed by atoms with Crippen molar-refractivity contribution in [3.8, 4) is 17.2 Å². The van der Waals surface area contributed by atoms with E-state index in [4.69, 9.17) is 9.47 Å². The third-order valence-electron chi connectivity index (χ3n) is 2.68. The van der Waals surface area contributed by atoms with Crippen molar-refractivity contribution in [2.24, 2.45) is 0 Å². The van der Waals surface area contributed by atoms with Gasteiger partial charge in [0.15, 0.2) is 17.3 Å². The second-order valence-electron chi connectivity index (χ2n) is 4.13. The number of ether oxygens (including phenoxy) is 2. The normalized spacial score (nSPS) is 10.0. The number of pyridine rings is 1. The highest BCUT2D eigenvalue weighted by Gasteiger charge is 2.13. The van der Waals surface area contributed by atoms with Crippen LogP contribution in [0.2, 0.25) is 0 Å². The minimum atomic E-state index is -0.524. The lowest BCUT2D eigenvalue weighted by atomic mass is 10.2. The summed E-state index contributed by atoms with van der Waals surface area (Å²) in [5.41, 5.74) is 0.201. The third kappa shape index (κ3) is 3.33. The summed E-state index contributed by atoms with van der Waals surface area (Å²) in [6, 6.07) is 7.11. The van der Waals surface area contributed by atoms with Gasteiger partial charge < -0.3 is 9.47 Å². The molecule has 0 spiro atoms. The largest absolute Gasteiger partial charge is 0.493 e. The van der Waals surface area contributed by atoms with Crippen LogP contribution in [0.5, 0.6) is 17.2 Å². The number of nitro groups is 1. The summed E-state index contributed by atoms with van der Waals surface area (Å²) < 4.78 is 10.6. The van der Waals surface area contributed by atoms with Crippen LogP contribution >= 0.6 is 0 Å². The van der Waals surface area contributed by atoms with E-state index in [0.29, 0.717) is 17.2 Å². The smallest absolute Gasteiger partial charge is 0.273 e. The van der Waals surface area contributed by atoms with Gasteiger partial charge in [-0.3, -0.25) is 14.9 Å². The number of carbonyl (C=O) groups is 1. The van der Waals surface area contributed by atoms with Crippen molar-refractivity contribution in [3.05, 3.63) is 52.3 Å². The second-order valence-corrected chi connectivity index (χ2v) is 4.13. The molecular weight excluding hydrogens is 276 g/mol. The van der Waals surface area contributed by atoms with Crippen molar-refractivity contribution in [1.82, 2.24) is 4.98 Å². The summed E-state index contributed by atoms with van der Waals surface area (Å²) in [6.45, 7) is 1.41. The highest BCUT2D eigenvalue weighted by Crippen LogP contribution is 2.34. The van der Waals surface area contributed by atoms with Crippen molar-refractivity contribution in [2.45, 2.75) is 6.92 Å². The van der Waals surface area contributed by atoms with E-state index in [9.17, 15) is 14.9 Å². The van der Waals surface area contributed by atoms with Gasteiger partial charge in [-0.25, -0.2) is 4.98 Å². The molecule has 7 heteroatoms. The first-order valence-electron chi connectivity index (χ1n) is 5.98. The zero-order valence-corrected chi connectivity index (χ0v) is 11.4. The molecule has 0 bridgehead atoms. The Balaban J connectivity index is 2.31. The summed E-state index contributed by atoms with van der Waals surface area (Å²) in [7, 11) is 1.44. The summed E-state index contributed by atoms with van der Waals surface area (Å²) in [5, 5.41) is 10.8. The molecule has 0 radical (unpaired) electrons. The van der Waals surface area contributed by atoms with Gasteiger partial charge in [-0.2, -0.15) is 0 Å². The molecule has 0 atom stereocenters. The highest BCUT2D eigenvalue weighted by molar-refractivity contribution is 5.92. The predicted octanol–water partition coefficient (Wildman–Crippen LogP) is 2.99. The number of non-ortho nitro benzene ring substituents is 1. The molecule has 108 valence electrons. The van der Waals surface area contributed by atoms with E-state index in [1.165, 1.54) is 44.5 Å². The molecular formula is C14H12N2O5. The number of rotatable bonds is 5. The number of benzene rings is 1. The Morgan fingerprint density at radius 3 is 2.52 bits per heavy atom. The predicted molar refractivity (Wildman–Crippen MR) is 74.0 cm³/mol. The monoisotopic (exact) mass is 288 g/mol. The average molecular weight is 288 g/mol. The van der Waals surface area contributed by atoms with Crippen molar-refractivity contribution < 1.29 is 19.2 Å². The summed E-state index contributed by atoms with van der Waals surface area (Å²) >= 11 is 0. The molecule has 0 fully saturated rings. The van der Waals surface area contributed by atoms with E-state index in [-0.39, 0.29) is 17.2 Å². The number of ketones is 1. The van der Waals surface area contributed by atoms with Crippen LogP contribution in [0.25, 0.3) is 0 Å². The van der Waals surface area contributed by atoms with Gasteiger partial charge in [0, 0.05) is 13.0 Å². The first-order chi connectivity index (χ1) is 10.0. The molecule has 0 aliphatic carbocycles. The van der Waals surface area contributed by atoms with Crippen LogP contribution in [0, 0.1) is 10.1 Å². The number of carbonyl (C=O) groups excluding carboxylic acids is 1. The van der Waals surface area contributed by atoms with E-state index >= 15 is 0 Å². The van der Waals surface area contributed by atoms with Crippen LogP contribution in [-0.2, 0) is 0 Å². The fourth-order valence-corrected chi connectivity index (χ4v) is 1.63. The number of hydrogen-bond donors (Lipinski definition) is 0. The van der Waals surface area contributed by atoms with Gasteiger partial charge in [-0.15, -0.1) is 0 Å². The van der Waals surface area contributed by atoms with Gasteiger partial charge >= 0.3 is 0 Å². The lowest BCUT2D eigenvalue weighted by Gasteiger charge is -2.09. The summed E-state index contributed by atoms with van der Waals surface area (Å²) in [5.74, 6) is 0.744. The molecule has 0 unspecified atom stereocenters.